The maximum absolute atomic E-state index is 10.9. The third kappa shape index (κ3) is 2.71. The van der Waals surface area contributed by atoms with Gasteiger partial charge in [0.15, 0.2) is 0 Å². The predicted octanol–water partition coefficient (Wildman–Crippen LogP) is 4.08. The Morgan fingerprint density at radius 2 is 1.91 bits per heavy atom. The van der Waals surface area contributed by atoms with E-state index in [4.69, 9.17) is 11.6 Å². The SMILES string of the molecule is O=[N+]([O-])c1ccc(C(c2ccccc2)n2ccnc2)cc1Cl. The van der Waals surface area contributed by atoms with E-state index >= 15 is 0 Å². The van der Waals surface area contributed by atoms with E-state index in [1.54, 1.807) is 24.7 Å². The van der Waals surface area contributed by atoms with Crippen LogP contribution in [0.15, 0.2) is 67.3 Å². The Morgan fingerprint density at radius 3 is 2.50 bits per heavy atom. The summed E-state index contributed by atoms with van der Waals surface area (Å²) in [6.07, 6.45) is 5.27. The second-order valence-corrected chi connectivity index (χ2v) is 5.20. The Balaban J connectivity index is 2.11. The molecule has 0 bridgehead atoms. The number of rotatable bonds is 4. The quantitative estimate of drug-likeness (QED) is 0.538. The Hall–Kier alpha value is -2.66. The number of nitro groups is 1. The average molecular weight is 314 g/mol. The summed E-state index contributed by atoms with van der Waals surface area (Å²) in [5.74, 6) is 0. The van der Waals surface area contributed by atoms with E-state index in [1.165, 1.54) is 6.07 Å². The van der Waals surface area contributed by atoms with Gasteiger partial charge >= 0.3 is 0 Å². The zero-order chi connectivity index (χ0) is 15.5. The zero-order valence-corrected chi connectivity index (χ0v) is 12.2. The van der Waals surface area contributed by atoms with E-state index in [9.17, 15) is 10.1 Å². The molecule has 1 unspecified atom stereocenters. The van der Waals surface area contributed by atoms with E-state index < -0.39 is 4.92 Å². The second kappa shape index (κ2) is 5.99. The van der Waals surface area contributed by atoms with E-state index in [1.807, 2.05) is 41.1 Å². The molecule has 1 aromatic heterocycles. The van der Waals surface area contributed by atoms with Gasteiger partial charge < -0.3 is 4.57 Å². The summed E-state index contributed by atoms with van der Waals surface area (Å²) in [5.41, 5.74) is 1.81. The Kier molecular flexibility index (Phi) is 3.89. The highest BCUT2D eigenvalue weighted by atomic mass is 35.5. The third-order valence-corrected chi connectivity index (χ3v) is 3.73. The molecule has 0 saturated heterocycles. The molecule has 3 aromatic rings. The zero-order valence-electron chi connectivity index (χ0n) is 11.5. The van der Waals surface area contributed by atoms with Crippen LogP contribution in [-0.2, 0) is 0 Å². The Bertz CT molecular complexity index is 788. The van der Waals surface area contributed by atoms with Gasteiger partial charge in [0.1, 0.15) is 5.02 Å². The number of imidazole rings is 1. The highest BCUT2D eigenvalue weighted by molar-refractivity contribution is 6.32. The first-order valence-corrected chi connectivity index (χ1v) is 7.01. The van der Waals surface area contributed by atoms with Crippen LogP contribution in [0.2, 0.25) is 5.02 Å². The number of halogens is 1. The van der Waals surface area contributed by atoms with Crippen LogP contribution in [-0.4, -0.2) is 14.5 Å². The topological polar surface area (TPSA) is 61.0 Å². The molecular formula is C16H12ClN3O2. The van der Waals surface area contributed by atoms with E-state index in [0.29, 0.717) is 0 Å². The minimum absolute atomic E-state index is 0.0946. The second-order valence-electron chi connectivity index (χ2n) is 4.79. The van der Waals surface area contributed by atoms with Crippen molar-refractivity contribution in [3.63, 3.8) is 0 Å². The molecule has 1 heterocycles. The fraction of sp³-hybridized carbons (Fsp3) is 0.0625. The molecule has 2 aromatic carbocycles. The van der Waals surface area contributed by atoms with Crippen molar-refractivity contribution in [2.45, 2.75) is 6.04 Å². The van der Waals surface area contributed by atoms with Gasteiger partial charge in [0.2, 0.25) is 0 Å². The van der Waals surface area contributed by atoms with Crippen molar-refractivity contribution < 1.29 is 4.92 Å². The summed E-state index contributed by atoms with van der Waals surface area (Å²) in [5, 5.41) is 11.0. The van der Waals surface area contributed by atoms with Gasteiger partial charge in [-0.3, -0.25) is 10.1 Å². The summed E-state index contributed by atoms with van der Waals surface area (Å²) >= 11 is 6.05. The molecule has 0 aliphatic heterocycles. The van der Waals surface area contributed by atoms with E-state index in [0.717, 1.165) is 11.1 Å². The van der Waals surface area contributed by atoms with Crippen LogP contribution < -0.4 is 0 Å². The first-order chi connectivity index (χ1) is 10.7. The molecule has 0 aliphatic rings. The number of benzene rings is 2. The minimum atomic E-state index is -0.485. The standard InChI is InChI=1S/C16H12ClN3O2/c17-14-10-13(6-7-15(14)20(21)22)16(19-9-8-18-11-19)12-4-2-1-3-5-12/h1-11,16H. The smallest absolute Gasteiger partial charge is 0.287 e. The van der Waals surface area contributed by atoms with Crippen molar-refractivity contribution in [2.24, 2.45) is 0 Å². The lowest BCUT2D eigenvalue weighted by atomic mass is 9.98. The van der Waals surface area contributed by atoms with Crippen LogP contribution in [0.5, 0.6) is 0 Å². The first-order valence-electron chi connectivity index (χ1n) is 6.63. The number of nitro benzene ring substituents is 1. The fourth-order valence-corrected chi connectivity index (χ4v) is 2.69. The van der Waals surface area contributed by atoms with Crippen molar-refractivity contribution in [3.8, 4) is 0 Å². The lowest BCUT2D eigenvalue weighted by molar-refractivity contribution is -0.384. The summed E-state index contributed by atoms with van der Waals surface area (Å²) < 4.78 is 1.94. The van der Waals surface area contributed by atoms with Crippen molar-refractivity contribution in [1.29, 1.82) is 0 Å². The predicted molar refractivity (Wildman–Crippen MR) is 84.0 cm³/mol. The van der Waals surface area contributed by atoms with Crippen molar-refractivity contribution >= 4 is 17.3 Å². The molecule has 0 aliphatic carbocycles. The summed E-state index contributed by atoms with van der Waals surface area (Å²) in [6.45, 7) is 0. The summed E-state index contributed by atoms with van der Waals surface area (Å²) in [7, 11) is 0. The molecule has 3 rings (SSSR count). The van der Waals surface area contributed by atoms with Crippen molar-refractivity contribution in [2.75, 3.05) is 0 Å². The maximum Gasteiger partial charge on any atom is 0.287 e. The molecule has 22 heavy (non-hydrogen) atoms. The molecule has 6 heteroatoms. The van der Waals surface area contributed by atoms with Gasteiger partial charge in [-0.1, -0.05) is 41.9 Å². The molecule has 0 amide bonds. The van der Waals surface area contributed by atoms with Crippen LogP contribution in [0, 0.1) is 10.1 Å². The van der Waals surface area contributed by atoms with E-state index in [-0.39, 0.29) is 16.8 Å². The fourth-order valence-electron chi connectivity index (χ4n) is 2.44. The molecule has 5 nitrogen and oxygen atoms in total. The van der Waals surface area contributed by atoms with Crippen LogP contribution in [0.3, 0.4) is 0 Å². The summed E-state index contributed by atoms with van der Waals surface area (Å²) in [4.78, 5) is 14.5. The Morgan fingerprint density at radius 1 is 1.14 bits per heavy atom. The third-order valence-electron chi connectivity index (χ3n) is 3.42. The van der Waals surface area contributed by atoms with Gasteiger partial charge in [-0.05, 0) is 23.3 Å². The van der Waals surface area contributed by atoms with E-state index in [2.05, 4.69) is 4.98 Å². The van der Waals surface area contributed by atoms with Gasteiger partial charge in [0.25, 0.3) is 5.69 Å². The minimum Gasteiger partial charge on any atom is -0.326 e. The molecule has 0 N–H and O–H groups in total. The van der Waals surface area contributed by atoms with Crippen LogP contribution in [0.25, 0.3) is 0 Å². The normalized spacial score (nSPS) is 12.0. The van der Waals surface area contributed by atoms with Crippen LogP contribution in [0.4, 0.5) is 5.69 Å². The Labute approximate surface area is 132 Å². The monoisotopic (exact) mass is 313 g/mol. The van der Waals surface area contributed by atoms with Gasteiger partial charge in [-0.15, -0.1) is 0 Å². The molecule has 0 radical (unpaired) electrons. The van der Waals surface area contributed by atoms with Crippen molar-refractivity contribution in [1.82, 2.24) is 9.55 Å². The maximum atomic E-state index is 10.9. The average Bonchev–Trinajstić information content (AvgIpc) is 3.02. The lowest BCUT2D eigenvalue weighted by Gasteiger charge is -2.19. The highest BCUT2D eigenvalue weighted by Gasteiger charge is 2.19. The van der Waals surface area contributed by atoms with Crippen molar-refractivity contribution in [3.05, 3.63) is 93.5 Å². The highest BCUT2D eigenvalue weighted by Crippen LogP contribution is 2.32. The van der Waals surface area contributed by atoms with Crippen LogP contribution >= 0.6 is 11.6 Å². The summed E-state index contributed by atoms with van der Waals surface area (Å²) in [6, 6.07) is 14.5. The van der Waals surface area contributed by atoms with Gasteiger partial charge in [0.05, 0.1) is 17.3 Å². The molecular weight excluding hydrogens is 302 g/mol. The molecule has 110 valence electrons. The number of hydrogen-bond donors (Lipinski definition) is 0. The van der Waals surface area contributed by atoms with Gasteiger partial charge in [-0.25, -0.2) is 4.98 Å². The molecule has 0 saturated carbocycles. The number of hydrogen-bond acceptors (Lipinski definition) is 3. The van der Waals surface area contributed by atoms with Gasteiger partial charge in [0, 0.05) is 18.5 Å². The first kappa shape index (κ1) is 14.3. The molecule has 0 spiro atoms. The number of nitrogens with zero attached hydrogens (tertiary/aromatic N) is 3. The number of aromatic nitrogens is 2. The van der Waals surface area contributed by atoms with Crippen LogP contribution in [0.1, 0.15) is 17.2 Å². The lowest BCUT2D eigenvalue weighted by Crippen LogP contribution is -2.10. The molecule has 0 fully saturated rings. The van der Waals surface area contributed by atoms with Gasteiger partial charge in [-0.2, -0.15) is 0 Å². The molecule has 1 atom stereocenters. The largest absolute Gasteiger partial charge is 0.326 e.